The van der Waals surface area contributed by atoms with Gasteiger partial charge in [0.25, 0.3) is 0 Å². The van der Waals surface area contributed by atoms with Crippen molar-refractivity contribution in [3.63, 3.8) is 0 Å². The highest BCUT2D eigenvalue weighted by molar-refractivity contribution is 6.32. The topological polar surface area (TPSA) is 46.8 Å². The standard InChI is InChI=1S/C16H16ClN5/c1-11-6-13-15(7-14(11)17)19-4-2-16(13)21-5-3-12(8-21)22-10-18-9-20-22/h2,4,6-7,9-10,12H,3,5,8H2,1H3. The molecule has 1 aromatic carbocycles. The van der Waals surface area contributed by atoms with Crippen LogP contribution < -0.4 is 4.90 Å². The lowest BCUT2D eigenvalue weighted by Crippen LogP contribution is -2.21. The van der Waals surface area contributed by atoms with Gasteiger partial charge in [0.1, 0.15) is 12.7 Å². The third kappa shape index (κ3) is 2.22. The van der Waals surface area contributed by atoms with E-state index in [0.717, 1.165) is 41.0 Å². The molecule has 0 amide bonds. The maximum absolute atomic E-state index is 6.22. The van der Waals surface area contributed by atoms with Crippen LogP contribution in [0.15, 0.2) is 37.1 Å². The van der Waals surface area contributed by atoms with E-state index in [1.54, 1.807) is 12.7 Å². The van der Waals surface area contributed by atoms with Crippen LogP contribution in [0, 0.1) is 6.92 Å². The molecular formula is C16H16ClN5. The molecule has 1 aliphatic rings. The van der Waals surface area contributed by atoms with Crippen LogP contribution in [-0.4, -0.2) is 32.8 Å². The van der Waals surface area contributed by atoms with Crippen molar-refractivity contribution in [2.45, 2.75) is 19.4 Å². The summed E-state index contributed by atoms with van der Waals surface area (Å²) >= 11 is 6.22. The normalized spacial score (nSPS) is 18.3. The number of rotatable bonds is 2. The third-order valence-electron chi connectivity index (χ3n) is 4.31. The molecule has 0 radical (unpaired) electrons. The zero-order chi connectivity index (χ0) is 15.1. The molecule has 2 aromatic heterocycles. The zero-order valence-corrected chi connectivity index (χ0v) is 13.0. The summed E-state index contributed by atoms with van der Waals surface area (Å²) in [5.74, 6) is 0. The van der Waals surface area contributed by atoms with Crippen LogP contribution in [0.1, 0.15) is 18.0 Å². The minimum Gasteiger partial charge on any atom is -0.369 e. The Morgan fingerprint density at radius 2 is 2.23 bits per heavy atom. The van der Waals surface area contributed by atoms with Crippen LogP contribution >= 0.6 is 11.6 Å². The summed E-state index contributed by atoms with van der Waals surface area (Å²) in [6, 6.07) is 6.53. The van der Waals surface area contributed by atoms with Gasteiger partial charge in [-0.15, -0.1) is 0 Å². The van der Waals surface area contributed by atoms with Crippen LogP contribution in [0.3, 0.4) is 0 Å². The molecule has 0 spiro atoms. The molecule has 0 bridgehead atoms. The maximum atomic E-state index is 6.22. The predicted octanol–water partition coefficient (Wildman–Crippen LogP) is 3.24. The van der Waals surface area contributed by atoms with E-state index in [9.17, 15) is 0 Å². The molecule has 0 saturated carbocycles. The van der Waals surface area contributed by atoms with Crippen molar-refractivity contribution in [1.82, 2.24) is 19.7 Å². The number of hydrogen-bond acceptors (Lipinski definition) is 4. The van der Waals surface area contributed by atoms with Gasteiger partial charge in [-0.25, -0.2) is 9.67 Å². The van der Waals surface area contributed by atoms with E-state index in [1.165, 1.54) is 5.69 Å². The Morgan fingerprint density at radius 3 is 3.05 bits per heavy atom. The van der Waals surface area contributed by atoms with Gasteiger partial charge in [-0.3, -0.25) is 4.98 Å². The van der Waals surface area contributed by atoms with E-state index in [4.69, 9.17) is 11.6 Å². The number of fused-ring (bicyclic) bond motifs is 1. The van der Waals surface area contributed by atoms with Gasteiger partial charge < -0.3 is 4.90 Å². The Bertz CT molecular complexity index is 815. The number of anilines is 1. The van der Waals surface area contributed by atoms with Gasteiger partial charge in [0.15, 0.2) is 0 Å². The van der Waals surface area contributed by atoms with Crippen LogP contribution in [0.2, 0.25) is 5.02 Å². The molecule has 1 unspecified atom stereocenters. The van der Waals surface area contributed by atoms with E-state index < -0.39 is 0 Å². The number of aryl methyl sites for hydroxylation is 1. The number of aromatic nitrogens is 4. The fourth-order valence-electron chi connectivity index (χ4n) is 3.12. The van der Waals surface area contributed by atoms with Crippen LogP contribution in [0.5, 0.6) is 0 Å². The first-order valence-electron chi connectivity index (χ1n) is 7.36. The van der Waals surface area contributed by atoms with Gasteiger partial charge in [-0.05, 0) is 37.1 Å². The number of hydrogen-bond donors (Lipinski definition) is 0. The molecule has 1 aliphatic heterocycles. The molecule has 3 aromatic rings. The van der Waals surface area contributed by atoms with Crippen molar-refractivity contribution >= 4 is 28.2 Å². The average molecular weight is 314 g/mol. The Balaban J connectivity index is 1.71. The molecule has 1 atom stereocenters. The molecule has 6 heteroatoms. The van der Waals surface area contributed by atoms with Gasteiger partial charge in [-0.1, -0.05) is 11.6 Å². The van der Waals surface area contributed by atoms with Crippen molar-refractivity contribution in [3.8, 4) is 0 Å². The van der Waals surface area contributed by atoms with Gasteiger partial charge in [0, 0.05) is 35.4 Å². The second-order valence-electron chi connectivity index (χ2n) is 5.71. The van der Waals surface area contributed by atoms with E-state index in [-0.39, 0.29) is 0 Å². The number of benzene rings is 1. The van der Waals surface area contributed by atoms with E-state index >= 15 is 0 Å². The van der Waals surface area contributed by atoms with Gasteiger partial charge >= 0.3 is 0 Å². The minimum atomic E-state index is 0.374. The summed E-state index contributed by atoms with van der Waals surface area (Å²) in [4.78, 5) is 10.9. The van der Waals surface area contributed by atoms with Gasteiger partial charge in [0.2, 0.25) is 0 Å². The monoisotopic (exact) mass is 313 g/mol. The van der Waals surface area contributed by atoms with Crippen LogP contribution in [-0.2, 0) is 0 Å². The molecule has 3 heterocycles. The predicted molar refractivity (Wildman–Crippen MR) is 87.4 cm³/mol. The van der Waals surface area contributed by atoms with Crippen molar-refractivity contribution in [2.24, 2.45) is 0 Å². The minimum absolute atomic E-state index is 0.374. The van der Waals surface area contributed by atoms with Crippen molar-refractivity contribution < 1.29 is 0 Å². The molecule has 22 heavy (non-hydrogen) atoms. The Kier molecular flexibility index (Phi) is 3.22. The first-order valence-corrected chi connectivity index (χ1v) is 7.74. The summed E-state index contributed by atoms with van der Waals surface area (Å²) < 4.78 is 1.95. The zero-order valence-electron chi connectivity index (χ0n) is 12.3. The maximum Gasteiger partial charge on any atom is 0.137 e. The number of halogens is 1. The van der Waals surface area contributed by atoms with Gasteiger partial charge in [-0.2, -0.15) is 5.10 Å². The largest absolute Gasteiger partial charge is 0.369 e. The molecule has 5 nitrogen and oxygen atoms in total. The molecule has 0 aliphatic carbocycles. The first-order chi connectivity index (χ1) is 10.7. The smallest absolute Gasteiger partial charge is 0.137 e. The first kappa shape index (κ1) is 13.5. The summed E-state index contributed by atoms with van der Waals surface area (Å²) in [5.41, 5.74) is 3.24. The molecule has 1 saturated heterocycles. The SMILES string of the molecule is Cc1cc2c(N3CCC(n4cncn4)C3)ccnc2cc1Cl. The highest BCUT2D eigenvalue weighted by atomic mass is 35.5. The lowest BCUT2D eigenvalue weighted by atomic mass is 10.1. The second-order valence-corrected chi connectivity index (χ2v) is 6.12. The van der Waals surface area contributed by atoms with Gasteiger partial charge in [0.05, 0.1) is 11.6 Å². The lowest BCUT2D eigenvalue weighted by molar-refractivity contribution is 0.493. The van der Waals surface area contributed by atoms with E-state index in [1.807, 2.05) is 23.9 Å². The highest BCUT2D eigenvalue weighted by Gasteiger charge is 2.25. The fourth-order valence-corrected chi connectivity index (χ4v) is 3.28. The van der Waals surface area contributed by atoms with Crippen molar-refractivity contribution in [2.75, 3.05) is 18.0 Å². The molecule has 0 N–H and O–H groups in total. The van der Waals surface area contributed by atoms with Crippen molar-refractivity contribution in [1.29, 1.82) is 0 Å². The summed E-state index contributed by atoms with van der Waals surface area (Å²) in [6.07, 6.45) is 6.31. The Labute approximate surface area is 133 Å². The Hall–Kier alpha value is -2.14. The molecule has 1 fully saturated rings. The Morgan fingerprint density at radius 1 is 1.32 bits per heavy atom. The number of nitrogens with zero attached hydrogens (tertiary/aromatic N) is 5. The summed E-state index contributed by atoms with van der Waals surface area (Å²) in [5, 5.41) is 6.18. The summed E-state index contributed by atoms with van der Waals surface area (Å²) in [6.45, 7) is 3.97. The lowest BCUT2D eigenvalue weighted by Gasteiger charge is -2.20. The highest BCUT2D eigenvalue weighted by Crippen LogP contribution is 2.33. The quantitative estimate of drug-likeness (QED) is 0.728. The summed E-state index contributed by atoms with van der Waals surface area (Å²) in [7, 11) is 0. The molecule has 112 valence electrons. The van der Waals surface area contributed by atoms with Crippen LogP contribution in [0.25, 0.3) is 10.9 Å². The molecular weight excluding hydrogens is 298 g/mol. The van der Waals surface area contributed by atoms with Crippen molar-refractivity contribution in [3.05, 3.63) is 47.6 Å². The number of pyridine rings is 1. The van der Waals surface area contributed by atoms with E-state index in [2.05, 4.69) is 32.1 Å². The third-order valence-corrected chi connectivity index (χ3v) is 4.72. The van der Waals surface area contributed by atoms with E-state index in [0.29, 0.717) is 6.04 Å². The van der Waals surface area contributed by atoms with Crippen LogP contribution in [0.4, 0.5) is 5.69 Å². The molecule has 4 rings (SSSR count). The average Bonchev–Trinajstić information content (AvgIpc) is 3.19. The fraction of sp³-hybridized carbons (Fsp3) is 0.312. The second kappa shape index (κ2) is 5.25.